The van der Waals surface area contributed by atoms with Crippen molar-refractivity contribution >= 4 is 34.0 Å². The maximum atomic E-state index is 13.3. The summed E-state index contributed by atoms with van der Waals surface area (Å²) >= 11 is 0. The number of fused-ring (bicyclic) bond motifs is 1. The molecular formula is C26H30FN7O3. The highest BCUT2D eigenvalue weighted by Crippen LogP contribution is 2.26. The average molecular weight is 508 g/mol. The first-order chi connectivity index (χ1) is 18.0. The SMILES string of the molecule is CCN(CCO)CCCOc1ccc2c(Nc3cnn(CC(=O)Nc4cccc(F)c4)c3)ncnc2c1. The summed E-state index contributed by atoms with van der Waals surface area (Å²) in [4.78, 5) is 23.2. The van der Waals surface area contributed by atoms with Gasteiger partial charge in [-0.2, -0.15) is 5.10 Å². The maximum absolute atomic E-state index is 13.3. The molecule has 2 heterocycles. The molecule has 194 valence electrons. The summed E-state index contributed by atoms with van der Waals surface area (Å²) in [5.41, 5.74) is 1.77. The molecule has 0 aliphatic heterocycles. The molecule has 0 aliphatic rings. The number of nitrogens with zero attached hydrogens (tertiary/aromatic N) is 5. The summed E-state index contributed by atoms with van der Waals surface area (Å²) in [6.45, 7) is 5.19. The molecule has 37 heavy (non-hydrogen) atoms. The number of aliphatic hydroxyl groups is 1. The Morgan fingerprint density at radius 2 is 2.05 bits per heavy atom. The van der Waals surface area contributed by atoms with Gasteiger partial charge in [-0.3, -0.25) is 9.48 Å². The first kappa shape index (κ1) is 26.0. The van der Waals surface area contributed by atoms with Crippen LogP contribution in [0, 0.1) is 5.82 Å². The van der Waals surface area contributed by atoms with Crippen LogP contribution in [0.2, 0.25) is 0 Å². The molecule has 3 N–H and O–H groups in total. The number of carbonyl (C=O) groups is 1. The molecule has 0 unspecified atom stereocenters. The third-order valence-corrected chi connectivity index (χ3v) is 5.67. The number of halogens is 1. The van der Waals surface area contributed by atoms with Crippen LogP contribution in [0.4, 0.5) is 21.6 Å². The Balaban J connectivity index is 1.34. The molecule has 2 aromatic heterocycles. The number of aliphatic hydroxyl groups excluding tert-OH is 1. The molecule has 0 spiro atoms. The minimum Gasteiger partial charge on any atom is -0.493 e. The zero-order valence-corrected chi connectivity index (χ0v) is 20.6. The number of anilines is 3. The van der Waals surface area contributed by atoms with Gasteiger partial charge < -0.3 is 25.4 Å². The highest BCUT2D eigenvalue weighted by molar-refractivity contribution is 5.92. The number of hydrogen-bond acceptors (Lipinski definition) is 8. The zero-order valence-electron chi connectivity index (χ0n) is 20.6. The number of benzene rings is 2. The van der Waals surface area contributed by atoms with E-state index >= 15 is 0 Å². The summed E-state index contributed by atoms with van der Waals surface area (Å²) in [5, 5.41) is 20.0. The number of aromatic nitrogens is 4. The average Bonchev–Trinajstić information content (AvgIpc) is 3.32. The number of nitrogens with one attached hydrogen (secondary N) is 2. The van der Waals surface area contributed by atoms with Gasteiger partial charge in [0, 0.05) is 36.4 Å². The highest BCUT2D eigenvalue weighted by Gasteiger charge is 2.10. The van der Waals surface area contributed by atoms with Crippen LogP contribution >= 0.6 is 0 Å². The van der Waals surface area contributed by atoms with Gasteiger partial charge in [0.2, 0.25) is 5.91 Å². The van der Waals surface area contributed by atoms with E-state index in [0.717, 1.165) is 36.2 Å². The largest absolute Gasteiger partial charge is 0.493 e. The number of amides is 1. The maximum Gasteiger partial charge on any atom is 0.246 e. The first-order valence-electron chi connectivity index (χ1n) is 12.1. The van der Waals surface area contributed by atoms with Crippen LogP contribution in [-0.2, 0) is 11.3 Å². The van der Waals surface area contributed by atoms with Crippen molar-refractivity contribution in [3.63, 3.8) is 0 Å². The van der Waals surface area contributed by atoms with Crippen LogP contribution in [0.15, 0.2) is 61.2 Å². The van der Waals surface area contributed by atoms with Gasteiger partial charge in [-0.25, -0.2) is 14.4 Å². The van der Waals surface area contributed by atoms with E-state index in [1.54, 1.807) is 18.5 Å². The molecule has 0 saturated carbocycles. The molecule has 0 saturated heterocycles. The van der Waals surface area contributed by atoms with Crippen molar-refractivity contribution in [2.45, 2.75) is 19.9 Å². The molecule has 10 nitrogen and oxygen atoms in total. The van der Waals surface area contributed by atoms with Crippen molar-refractivity contribution in [3.05, 3.63) is 67.0 Å². The summed E-state index contributed by atoms with van der Waals surface area (Å²) < 4.78 is 20.7. The molecule has 4 aromatic rings. The van der Waals surface area contributed by atoms with Gasteiger partial charge in [0.15, 0.2) is 0 Å². The smallest absolute Gasteiger partial charge is 0.246 e. The van der Waals surface area contributed by atoms with Crippen molar-refractivity contribution in [1.82, 2.24) is 24.6 Å². The van der Waals surface area contributed by atoms with Gasteiger partial charge in [-0.1, -0.05) is 13.0 Å². The minimum absolute atomic E-state index is 0.0283. The van der Waals surface area contributed by atoms with Crippen LogP contribution in [0.1, 0.15) is 13.3 Å². The fourth-order valence-electron chi connectivity index (χ4n) is 3.84. The molecular weight excluding hydrogens is 477 g/mol. The number of carbonyl (C=O) groups excluding carboxylic acids is 1. The number of likely N-dealkylation sites (N-methyl/N-ethyl adjacent to an activating group) is 1. The first-order valence-corrected chi connectivity index (χ1v) is 12.1. The van der Waals surface area contributed by atoms with Crippen LogP contribution in [0.5, 0.6) is 5.75 Å². The number of hydrogen-bond donors (Lipinski definition) is 3. The second-order valence-electron chi connectivity index (χ2n) is 8.37. The lowest BCUT2D eigenvalue weighted by molar-refractivity contribution is -0.116. The third-order valence-electron chi connectivity index (χ3n) is 5.67. The zero-order chi connectivity index (χ0) is 26.0. The van der Waals surface area contributed by atoms with Crippen molar-refractivity contribution < 1.29 is 19.0 Å². The Labute approximate surface area is 214 Å². The van der Waals surface area contributed by atoms with Crippen molar-refractivity contribution in [2.75, 3.05) is 43.5 Å². The van der Waals surface area contributed by atoms with Gasteiger partial charge in [0.05, 0.1) is 30.6 Å². The molecule has 2 aromatic carbocycles. The Morgan fingerprint density at radius 1 is 1.16 bits per heavy atom. The van der Waals surface area contributed by atoms with Crippen molar-refractivity contribution in [3.8, 4) is 5.75 Å². The molecule has 11 heteroatoms. The van der Waals surface area contributed by atoms with Crippen LogP contribution in [0.25, 0.3) is 10.9 Å². The Bertz CT molecular complexity index is 1330. The molecule has 0 atom stereocenters. The lowest BCUT2D eigenvalue weighted by Crippen LogP contribution is -2.28. The van der Waals surface area contributed by atoms with Crippen molar-refractivity contribution in [1.29, 1.82) is 0 Å². The van der Waals surface area contributed by atoms with Gasteiger partial charge in [0.25, 0.3) is 0 Å². The Kier molecular flexibility index (Phi) is 8.95. The minimum atomic E-state index is -0.420. The van der Waals surface area contributed by atoms with E-state index in [2.05, 4.69) is 37.5 Å². The monoisotopic (exact) mass is 507 g/mol. The van der Waals surface area contributed by atoms with E-state index in [1.165, 1.54) is 29.2 Å². The molecule has 0 radical (unpaired) electrons. The van der Waals surface area contributed by atoms with E-state index in [4.69, 9.17) is 9.84 Å². The normalized spacial score (nSPS) is 11.1. The summed E-state index contributed by atoms with van der Waals surface area (Å²) in [6, 6.07) is 11.4. The van der Waals surface area contributed by atoms with Gasteiger partial charge in [0.1, 0.15) is 30.3 Å². The van der Waals surface area contributed by atoms with E-state index in [1.807, 2.05) is 18.2 Å². The predicted octanol–water partition coefficient (Wildman–Crippen LogP) is 3.43. The lowest BCUT2D eigenvalue weighted by Gasteiger charge is -2.18. The quantitative estimate of drug-likeness (QED) is 0.236. The Morgan fingerprint density at radius 3 is 2.86 bits per heavy atom. The molecule has 0 fully saturated rings. The van der Waals surface area contributed by atoms with Gasteiger partial charge in [-0.05, 0) is 43.3 Å². The van der Waals surface area contributed by atoms with E-state index in [0.29, 0.717) is 30.3 Å². The highest BCUT2D eigenvalue weighted by atomic mass is 19.1. The standard InChI is InChI=1S/C26H30FN7O3/c1-2-33(10-11-35)9-4-12-37-22-7-8-23-24(14-22)28-18-29-26(23)32-21-15-30-34(16-21)17-25(36)31-20-6-3-5-19(27)13-20/h3,5-8,13-16,18,35H,2,4,9-12,17H2,1H3,(H,31,36)(H,28,29,32). The molecule has 0 aliphatic carbocycles. The summed E-state index contributed by atoms with van der Waals surface area (Å²) in [5.74, 6) is 0.579. The van der Waals surface area contributed by atoms with E-state index in [9.17, 15) is 9.18 Å². The number of ether oxygens (including phenoxy) is 1. The van der Waals surface area contributed by atoms with Gasteiger partial charge >= 0.3 is 0 Å². The van der Waals surface area contributed by atoms with E-state index < -0.39 is 5.82 Å². The fraction of sp³-hybridized carbons (Fsp3) is 0.308. The predicted molar refractivity (Wildman–Crippen MR) is 139 cm³/mol. The second-order valence-corrected chi connectivity index (χ2v) is 8.37. The summed E-state index contributed by atoms with van der Waals surface area (Å²) in [7, 11) is 0. The Hall–Kier alpha value is -4.09. The fourth-order valence-corrected chi connectivity index (χ4v) is 3.84. The van der Waals surface area contributed by atoms with Crippen LogP contribution in [-0.4, -0.2) is 68.5 Å². The summed E-state index contributed by atoms with van der Waals surface area (Å²) in [6.07, 6.45) is 5.61. The van der Waals surface area contributed by atoms with Gasteiger partial charge in [-0.15, -0.1) is 0 Å². The second kappa shape index (κ2) is 12.7. The van der Waals surface area contributed by atoms with Crippen LogP contribution < -0.4 is 15.4 Å². The number of rotatable bonds is 13. The molecule has 0 bridgehead atoms. The topological polar surface area (TPSA) is 117 Å². The molecule has 1 amide bonds. The van der Waals surface area contributed by atoms with Crippen LogP contribution in [0.3, 0.4) is 0 Å². The lowest BCUT2D eigenvalue weighted by atomic mass is 10.2. The third kappa shape index (κ3) is 7.45. The molecule has 4 rings (SSSR count). The van der Waals surface area contributed by atoms with Crippen molar-refractivity contribution in [2.24, 2.45) is 0 Å². The van der Waals surface area contributed by atoms with E-state index in [-0.39, 0.29) is 19.1 Å².